The molecule has 0 aromatic carbocycles. The quantitative estimate of drug-likeness (QED) is 0.599. The van der Waals surface area contributed by atoms with Gasteiger partial charge in [-0.2, -0.15) is 0 Å². The minimum atomic E-state index is 0.553. The van der Waals surface area contributed by atoms with Gasteiger partial charge in [-0.1, -0.05) is 34.3 Å². The van der Waals surface area contributed by atoms with E-state index in [-0.39, 0.29) is 0 Å². The number of rotatable bonds is 3. The second-order valence-electron chi connectivity index (χ2n) is 3.64. The van der Waals surface area contributed by atoms with Crippen LogP contribution in [0.3, 0.4) is 0 Å². The molecule has 5 N–H and O–H groups in total. The summed E-state index contributed by atoms with van der Waals surface area (Å²) in [4.78, 5) is 0. The Labute approximate surface area is 106 Å². The lowest BCUT2D eigenvalue weighted by Gasteiger charge is -2.05. The summed E-state index contributed by atoms with van der Waals surface area (Å²) in [7, 11) is 3.79. The minimum absolute atomic E-state index is 0.553. The Morgan fingerprint density at radius 3 is 2.18 bits per heavy atom. The van der Waals surface area contributed by atoms with E-state index in [9.17, 15) is 0 Å². The molecule has 0 aliphatic carbocycles. The molecular formula is C12H29N5. The Balaban J connectivity index is 0. The molecule has 0 saturated carbocycles. The van der Waals surface area contributed by atoms with Crippen molar-refractivity contribution in [2.75, 3.05) is 20.6 Å². The van der Waals surface area contributed by atoms with Gasteiger partial charge in [0.25, 0.3) is 0 Å². The van der Waals surface area contributed by atoms with Gasteiger partial charge in [0.15, 0.2) is 0 Å². The molecule has 0 amide bonds. The molecule has 5 nitrogen and oxygen atoms in total. The second kappa shape index (κ2) is 11.3. The predicted molar refractivity (Wildman–Crippen MR) is 75.6 cm³/mol. The van der Waals surface area contributed by atoms with E-state index in [2.05, 4.69) is 36.7 Å². The molecule has 0 aromatic heterocycles. The third-order valence-electron chi connectivity index (χ3n) is 1.98. The number of nitrogens with two attached hydrogens (primary N) is 1. The lowest BCUT2D eigenvalue weighted by atomic mass is 10.2. The Hall–Kier alpha value is -1.20. The van der Waals surface area contributed by atoms with Crippen LogP contribution in [0, 0.1) is 5.92 Å². The average Bonchev–Trinajstić information content (AvgIpc) is 2.77. The van der Waals surface area contributed by atoms with Crippen molar-refractivity contribution in [3.8, 4) is 0 Å². The third-order valence-corrected chi connectivity index (χ3v) is 1.98. The van der Waals surface area contributed by atoms with E-state index in [1.54, 1.807) is 0 Å². The molecule has 0 fully saturated rings. The van der Waals surface area contributed by atoms with Crippen molar-refractivity contribution in [1.29, 1.82) is 0 Å². The number of nitrogens with zero attached hydrogens (tertiary/aromatic N) is 1. The highest BCUT2D eigenvalue weighted by molar-refractivity contribution is 5.01. The van der Waals surface area contributed by atoms with Crippen molar-refractivity contribution in [2.24, 2.45) is 11.7 Å². The van der Waals surface area contributed by atoms with Crippen LogP contribution in [0.2, 0.25) is 0 Å². The van der Waals surface area contributed by atoms with Gasteiger partial charge in [-0.15, -0.1) is 5.53 Å². The van der Waals surface area contributed by atoms with E-state index >= 15 is 0 Å². The topological polar surface area (TPSA) is 65.3 Å². The molecule has 5 heteroatoms. The monoisotopic (exact) mass is 243 g/mol. The molecule has 0 aromatic rings. The Bertz CT molecular complexity index is 223. The maximum atomic E-state index is 5.30. The van der Waals surface area contributed by atoms with Crippen molar-refractivity contribution in [2.45, 2.75) is 27.7 Å². The molecule has 17 heavy (non-hydrogen) atoms. The van der Waals surface area contributed by atoms with Crippen LogP contribution in [0.5, 0.6) is 0 Å². The van der Waals surface area contributed by atoms with Crippen molar-refractivity contribution in [3.63, 3.8) is 0 Å². The second-order valence-corrected chi connectivity index (χ2v) is 3.64. The summed E-state index contributed by atoms with van der Waals surface area (Å²) < 4.78 is 0. The first-order chi connectivity index (χ1) is 8.01. The third kappa shape index (κ3) is 9.71. The van der Waals surface area contributed by atoms with E-state index in [1.165, 1.54) is 0 Å². The highest BCUT2D eigenvalue weighted by Crippen LogP contribution is 1.99. The number of allylic oxidation sites excluding steroid dienone is 1. The van der Waals surface area contributed by atoms with Crippen LogP contribution in [-0.4, -0.2) is 25.6 Å². The van der Waals surface area contributed by atoms with E-state index in [0.29, 0.717) is 12.5 Å². The van der Waals surface area contributed by atoms with Crippen LogP contribution in [-0.2, 0) is 0 Å². The molecule has 0 atom stereocenters. The lowest BCUT2D eigenvalue weighted by molar-refractivity contribution is 0.327. The van der Waals surface area contributed by atoms with E-state index in [0.717, 1.165) is 11.4 Å². The molecule has 0 saturated heterocycles. The van der Waals surface area contributed by atoms with Gasteiger partial charge in [0, 0.05) is 32.5 Å². The van der Waals surface area contributed by atoms with Crippen LogP contribution < -0.4 is 22.0 Å². The van der Waals surface area contributed by atoms with Gasteiger partial charge >= 0.3 is 0 Å². The molecule has 0 radical (unpaired) electrons. The SMILES string of the molecule is C=C(NC)C(C)C.CC.CN1C=C(CN)NN1. The van der Waals surface area contributed by atoms with Crippen LogP contribution in [0.25, 0.3) is 0 Å². The largest absolute Gasteiger partial charge is 0.392 e. The number of hydrogen-bond donors (Lipinski definition) is 4. The van der Waals surface area contributed by atoms with Crippen molar-refractivity contribution in [1.82, 2.24) is 21.3 Å². The summed E-state index contributed by atoms with van der Waals surface area (Å²) in [6, 6.07) is 0. The van der Waals surface area contributed by atoms with Gasteiger partial charge in [0.1, 0.15) is 0 Å². The standard InChI is InChI=1S/C6H13N.C4H10N4.C2H6/c1-5(2)6(3)7-4;1-8-3-4(2-5)6-7-8;1-2/h5,7H,3H2,1-2,4H3;3,6-7H,2,5H2,1H3;1-2H3. The summed E-state index contributed by atoms with van der Waals surface area (Å²) in [5.41, 5.74) is 13.1. The van der Waals surface area contributed by atoms with Gasteiger partial charge in [-0.25, -0.2) is 0 Å². The fourth-order valence-electron chi connectivity index (χ4n) is 0.851. The van der Waals surface area contributed by atoms with Crippen molar-refractivity contribution < 1.29 is 0 Å². The zero-order valence-electron chi connectivity index (χ0n) is 12.1. The molecular weight excluding hydrogens is 214 g/mol. The fourth-order valence-corrected chi connectivity index (χ4v) is 0.851. The van der Waals surface area contributed by atoms with Gasteiger partial charge in [-0.3, -0.25) is 5.01 Å². The summed E-state index contributed by atoms with van der Waals surface area (Å²) in [6.45, 7) is 12.5. The first kappa shape index (κ1) is 18.2. The van der Waals surface area contributed by atoms with E-state index in [1.807, 2.05) is 39.2 Å². The molecule has 1 rings (SSSR count). The van der Waals surface area contributed by atoms with Crippen LogP contribution >= 0.6 is 0 Å². The molecule has 1 aliphatic heterocycles. The van der Waals surface area contributed by atoms with Crippen LogP contribution in [0.1, 0.15) is 27.7 Å². The maximum absolute atomic E-state index is 5.30. The smallest absolute Gasteiger partial charge is 0.0589 e. The summed E-state index contributed by atoms with van der Waals surface area (Å²) >= 11 is 0. The van der Waals surface area contributed by atoms with E-state index < -0.39 is 0 Å². The van der Waals surface area contributed by atoms with E-state index in [4.69, 9.17) is 5.73 Å². The first-order valence-electron chi connectivity index (χ1n) is 6.03. The first-order valence-corrected chi connectivity index (χ1v) is 6.03. The maximum Gasteiger partial charge on any atom is 0.0589 e. The highest BCUT2D eigenvalue weighted by atomic mass is 15.7. The zero-order chi connectivity index (χ0) is 13.8. The highest BCUT2D eigenvalue weighted by Gasteiger charge is 2.02. The van der Waals surface area contributed by atoms with Gasteiger partial charge in [0.2, 0.25) is 0 Å². The average molecular weight is 243 g/mol. The normalized spacial score (nSPS) is 12.7. The Morgan fingerprint density at radius 2 is 2.06 bits per heavy atom. The van der Waals surface area contributed by atoms with Crippen molar-refractivity contribution in [3.05, 3.63) is 24.2 Å². The van der Waals surface area contributed by atoms with Crippen molar-refractivity contribution >= 4 is 0 Å². The Morgan fingerprint density at radius 1 is 1.53 bits per heavy atom. The zero-order valence-corrected chi connectivity index (χ0v) is 12.1. The minimum Gasteiger partial charge on any atom is -0.392 e. The van der Waals surface area contributed by atoms with Crippen LogP contribution in [0.4, 0.5) is 0 Å². The van der Waals surface area contributed by atoms with Gasteiger partial charge in [0.05, 0.1) is 5.70 Å². The summed E-state index contributed by atoms with van der Waals surface area (Å²) in [5, 5.41) is 4.78. The Kier molecular flexibility index (Phi) is 12.1. The number of hydrazine groups is 2. The molecule has 1 heterocycles. The molecule has 0 unspecified atom stereocenters. The predicted octanol–water partition coefficient (Wildman–Crippen LogP) is 1.14. The van der Waals surface area contributed by atoms with Gasteiger partial charge < -0.3 is 16.5 Å². The fraction of sp³-hybridized carbons (Fsp3) is 0.667. The lowest BCUT2D eigenvalue weighted by Crippen LogP contribution is -2.34. The van der Waals surface area contributed by atoms with Crippen LogP contribution in [0.15, 0.2) is 24.2 Å². The molecule has 0 spiro atoms. The molecule has 1 aliphatic rings. The number of nitrogens with one attached hydrogen (secondary N) is 3. The summed E-state index contributed by atoms with van der Waals surface area (Å²) in [5.74, 6) is 0.560. The summed E-state index contributed by atoms with van der Waals surface area (Å²) in [6.07, 6.45) is 1.90. The molecule has 0 bridgehead atoms. The molecule has 102 valence electrons. The van der Waals surface area contributed by atoms with Gasteiger partial charge in [-0.05, 0) is 5.92 Å². The number of hydrogen-bond acceptors (Lipinski definition) is 5.